The molecule has 0 bridgehead atoms. The molecule has 7 nitrogen and oxygen atoms in total. The Morgan fingerprint density at radius 3 is 2.10 bits per heavy atom. The van der Waals surface area contributed by atoms with E-state index in [-0.39, 0.29) is 23.3 Å². The lowest BCUT2D eigenvalue weighted by Gasteiger charge is -2.32. The molecule has 0 fully saturated rings. The van der Waals surface area contributed by atoms with Crippen LogP contribution in [0.25, 0.3) is 0 Å². The number of aryl methyl sites for hydroxylation is 2. The number of amides is 2. The molecular weight excluding hydrogens is 510 g/mol. The molecule has 3 aromatic rings. The van der Waals surface area contributed by atoms with Gasteiger partial charge in [0, 0.05) is 13.1 Å². The second-order valence-electron chi connectivity index (χ2n) is 10.4. The number of carbonyl (C=O) groups excluding carboxylic acids is 2. The molecule has 39 heavy (non-hydrogen) atoms. The van der Waals surface area contributed by atoms with Crippen LogP contribution in [0.2, 0.25) is 0 Å². The Balaban J connectivity index is 2.04. The lowest BCUT2D eigenvalue weighted by molar-refractivity contribution is -0.139. The maximum absolute atomic E-state index is 14.0. The highest BCUT2D eigenvalue weighted by Gasteiger charge is 2.33. The fourth-order valence-corrected chi connectivity index (χ4v) is 5.64. The number of benzene rings is 3. The summed E-state index contributed by atoms with van der Waals surface area (Å²) in [6, 6.07) is 20.5. The zero-order valence-corrected chi connectivity index (χ0v) is 24.5. The second kappa shape index (κ2) is 12.9. The zero-order chi connectivity index (χ0) is 28.7. The monoisotopic (exact) mass is 549 g/mol. The van der Waals surface area contributed by atoms with Crippen LogP contribution in [0.15, 0.2) is 77.7 Å². The number of rotatable bonds is 11. The van der Waals surface area contributed by atoms with E-state index in [1.165, 1.54) is 9.21 Å². The van der Waals surface area contributed by atoms with Crippen molar-refractivity contribution in [3.8, 4) is 0 Å². The number of sulfonamides is 1. The van der Waals surface area contributed by atoms with Crippen LogP contribution in [0.3, 0.4) is 0 Å². The van der Waals surface area contributed by atoms with Crippen LogP contribution in [0.4, 0.5) is 5.69 Å². The summed E-state index contributed by atoms with van der Waals surface area (Å²) < 4.78 is 29.1. The van der Waals surface area contributed by atoms with Crippen molar-refractivity contribution in [2.24, 2.45) is 5.92 Å². The molecule has 1 atom stereocenters. The fourth-order valence-electron chi connectivity index (χ4n) is 4.17. The third-order valence-corrected chi connectivity index (χ3v) is 8.55. The van der Waals surface area contributed by atoms with Crippen molar-refractivity contribution in [3.05, 3.63) is 95.1 Å². The van der Waals surface area contributed by atoms with Crippen LogP contribution in [0.1, 0.15) is 43.0 Å². The minimum atomic E-state index is -4.09. The van der Waals surface area contributed by atoms with Crippen molar-refractivity contribution in [2.45, 2.75) is 59.0 Å². The second-order valence-corrected chi connectivity index (χ2v) is 12.2. The van der Waals surface area contributed by atoms with Crippen LogP contribution in [-0.2, 0) is 26.2 Å². The van der Waals surface area contributed by atoms with Crippen molar-refractivity contribution < 1.29 is 18.0 Å². The van der Waals surface area contributed by atoms with E-state index in [1.807, 2.05) is 71.0 Å². The largest absolute Gasteiger partial charge is 0.354 e. The summed E-state index contributed by atoms with van der Waals surface area (Å²) in [6.07, 6.45) is 0. The summed E-state index contributed by atoms with van der Waals surface area (Å²) in [7, 11) is -4.09. The van der Waals surface area contributed by atoms with Gasteiger partial charge in [-0.1, -0.05) is 74.0 Å². The van der Waals surface area contributed by atoms with Crippen LogP contribution in [-0.4, -0.2) is 44.3 Å². The molecule has 3 rings (SSSR count). The van der Waals surface area contributed by atoms with Gasteiger partial charge < -0.3 is 10.2 Å². The van der Waals surface area contributed by atoms with Crippen molar-refractivity contribution >= 4 is 27.5 Å². The standard InChI is InChI=1S/C31H39N3O4S/c1-22(2)19-32-31(36)26(6)33(20-27-12-8-7-9-13-27)30(35)21-34(29-14-10-11-24(4)25(29)5)39(37,38)28-17-15-23(3)16-18-28/h7-18,22,26H,19-21H2,1-6H3,(H,32,36). The van der Waals surface area contributed by atoms with Crippen molar-refractivity contribution in [1.82, 2.24) is 10.2 Å². The first-order valence-electron chi connectivity index (χ1n) is 13.2. The molecule has 0 saturated carbocycles. The quantitative estimate of drug-likeness (QED) is 0.365. The van der Waals surface area contributed by atoms with Gasteiger partial charge in [-0.15, -0.1) is 0 Å². The average Bonchev–Trinajstić information content (AvgIpc) is 2.91. The van der Waals surface area contributed by atoms with Gasteiger partial charge in [-0.25, -0.2) is 8.42 Å². The smallest absolute Gasteiger partial charge is 0.264 e. The molecule has 3 aromatic carbocycles. The molecule has 8 heteroatoms. The van der Waals surface area contributed by atoms with Gasteiger partial charge in [0.05, 0.1) is 10.6 Å². The van der Waals surface area contributed by atoms with Crippen molar-refractivity contribution in [1.29, 1.82) is 0 Å². The number of hydrogen-bond acceptors (Lipinski definition) is 4. The number of hydrogen-bond donors (Lipinski definition) is 1. The maximum atomic E-state index is 14.0. The zero-order valence-electron chi connectivity index (χ0n) is 23.6. The molecule has 0 aliphatic rings. The summed E-state index contributed by atoms with van der Waals surface area (Å²) in [6.45, 7) is 11.5. The molecule has 1 unspecified atom stereocenters. The highest BCUT2D eigenvalue weighted by Crippen LogP contribution is 2.29. The molecule has 0 aliphatic carbocycles. The van der Waals surface area contributed by atoms with E-state index in [4.69, 9.17) is 0 Å². The molecule has 0 heterocycles. The van der Waals surface area contributed by atoms with Gasteiger partial charge in [0.25, 0.3) is 10.0 Å². The van der Waals surface area contributed by atoms with E-state index in [0.29, 0.717) is 12.2 Å². The Labute approximate surface area is 232 Å². The highest BCUT2D eigenvalue weighted by atomic mass is 32.2. The van der Waals surface area contributed by atoms with Gasteiger partial charge in [0.2, 0.25) is 11.8 Å². The van der Waals surface area contributed by atoms with Crippen molar-refractivity contribution in [3.63, 3.8) is 0 Å². The molecule has 0 radical (unpaired) electrons. The molecule has 0 aliphatic heterocycles. The van der Waals surface area contributed by atoms with Gasteiger partial charge in [-0.2, -0.15) is 0 Å². The van der Waals surface area contributed by atoms with Crippen LogP contribution in [0.5, 0.6) is 0 Å². The normalized spacial score (nSPS) is 12.2. The van der Waals surface area contributed by atoms with E-state index in [2.05, 4.69) is 5.32 Å². The predicted octanol–water partition coefficient (Wildman–Crippen LogP) is 5.00. The lowest BCUT2D eigenvalue weighted by atomic mass is 10.1. The maximum Gasteiger partial charge on any atom is 0.264 e. The summed E-state index contributed by atoms with van der Waals surface area (Å²) in [5.41, 5.74) is 3.87. The summed E-state index contributed by atoms with van der Waals surface area (Å²) in [5, 5.41) is 2.90. The Morgan fingerprint density at radius 1 is 0.846 bits per heavy atom. The Hall–Kier alpha value is -3.65. The van der Waals surface area contributed by atoms with E-state index in [1.54, 1.807) is 43.3 Å². The summed E-state index contributed by atoms with van der Waals surface area (Å²) in [5.74, 6) is -0.505. The lowest BCUT2D eigenvalue weighted by Crippen LogP contribution is -2.51. The van der Waals surface area contributed by atoms with Gasteiger partial charge >= 0.3 is 0 Å². The van der Waals surface area contributed by atoms with Crippen LogP contribution >= 0.6 is 0 Å². The van der Waals surface area contributed by atoms with Gasteiger partial charge in [-0.3, -0.25) is 13.9 Å². The summed E-state index contributed by atoms with van der Waals surface area (Å²) >= 11 is 0. The van der Waals surface area contributed by atoms with Crippen molar-refractivity contribution in [2.75, 3.05) is 17.4 Å². The molecule has 2 amide bonds. The van der Waals surface area contributed by atoms with Gasteiger partial charge in [-0.05, 0) is 68.5 Å². The number of nitrogens with zero attached hydrogens (tertiary/aromatic N) is 2. The minimum absolute atomic E-state index is 0.0964. The first-order valence-corrected chi connectivity index (χ1v) is 14.6. The molecule has 1 N–H and O–H groups in total. The molecule has 0 aromatic heterocycles. The van der Waals surface area contributed by atoms with E-state index in [0.717, 1.165) is 22.3 Å². The number of carbonyl (C=O) groups is 2. The van der Waals surface area contributed by atoms with E-state index >= 15 is 0 Å². The van der Waals surface area contributed by atoms with Gasteiger partial charge in [0.15, 0.2) is 0 Å². The first-order chi connectivity index (χ1) is 18.4. The SMILES string of the molecule is Cc1ccc(S(=O)(=O)N(CC(=O)N(Cc2ccccc2)C(C)C(=O)NCC(C)C)c2cccc(C)c2C)cc1. The van der Waals surface area contributed by atoms with Crippen LogP contribution in [0, 0.1) is 26.7 Å². The van der Waals surface area contributed by atoms with Gasteiger partial charge in [0.1, 0.15) is 12.6 Å². The fraction of sp³-hybridized carbons (Fsp3) is 0.355. The first kappa shape index (κ1) is 29.9. The third-order valence-electron chi connectivity index (χ3n) is 6.78. The van der Waals surface area contributed by atoms with E-state index < -0.39 is 28.5 Å². The molecule has 208 valence electrons. The Bertz CT molecular complexity index is 1390. The highest BCUT2D eigenvalue weighted by molar-refractivity contribution is 7.92. The Kier molecular flexibility index (Phi) is 9.92. The molecular formula is C31H39N3O4S. The summed E-state index contributed by atoms with van der Waals surface area (Å²) in [4.78, 5) is 28.6. The Morgan fingerprint density at radius 2 is 1.49 bits per heavy atom. The number of nitrogens with one attached hydrogen (secondary N) is 1. The minimum Gasteiger partial charge on any atom is -0.354 e. The topological polar surface area (TPSA) is 86.8 Å². The third kappa shape index (κ3) is 7.47. The predicted molar refractivity (Wildman–Crippen MR) is 156 cm³/mol. The van der Waals surface area contributed by atoms with E-state index in [9.17, 15) is 18.0 Å². The molecule has 0 saturated heterocycles. The average molecular weight is 550 g/mol. The van der Waals surface area contributed by atoms with Crippen LogP contribution < -0.4 is 9.62 Å². The number of anilines is 1. The molecule has 0 spiro atoms.